The summed E-state index contributed by atoms with van der Waals surface area (Å²) in [6.45, 7) is 0.868. The molecule has 8 nitrogen and oxygen atoms in total. The Balaban J connectivity index is 2.63. The summed E-state index contributed by atoms with van der Waals surface area (Å²) in [5.41, 5.74) is 0. The molecule has 0 aromatic heterocycles. The number of rotatable bonds is 4. The molecule has 1 aliphatic heterocycles. The Morgan fingerprint density at radius 2 is 2.38 bits per heavy atom. The lowest BCUT2D eigenvalue weighted by atomic mass is 9.98. The van der Waals surface area contributed by atoms with Gasteiger partial charge in [0.1, 0.15) is 18.3 Å². The third kappa shape index (κ3) is 3.11. The fourth-order valence-corrected chi connectivity index (χ4v) is 1.58. The molecule has 94 valence electrons. The van der Waals surface area contributed by atoms with Crippen molar-refractivity contribution >= 4 is 5.91 Å². The van der Waals surface area contributed by atoms with Crippen molar-refractivity contribution in [1.82, 2.24) is 5.32 Å². The van der Waals surface area contributed by atoms with E-state index in [-0.39, 0.29) is 12.5 Å². The molecule has 4 atom stereocenters. The normalized spacial score (nSPS) is 34.8. The molecule has 1 saturated heterocycles. The van der Waals surface area contributed by atoms with Crippen molar-refractivity contribution in [1.29, 1.82) is 0 Å². The smallest absolute Gasteiger partial charge is 0.217 e. The van der Waals surface area contributed by atoms with E-state index < -0.39 is 31.0 Å². The Morgan fingerprint density at radius 3 is 2.88 bits per heavy atom. The minimum absolute atomic E-state index is 0.0185. The highest BCUT2D eigenvalue weighted by Gasteiger charge is 2.41. The molecule has 8 heteroatoms. The first-order valence-corrected chi connectivity index (χ1v) is 4.73. The van der Waals surface area contributed by atoms with E-state index in [2.05, 4.69) is 15.2 Å². The van der Waals surface area contributed by atoms with Crippen LogP contribution in [0.1, 0.15) is 6.92 Å². The van der Waals surface area contributed by atoms with Crippen molar-refractivity contribution in [2.24, 2.45) is 0 Å². The maximum absolute atomic E-state index is 10.8. The van der Waals surface area contributed by atoms with E-state index in [9.17, 15) is 15.2 Å². The third-order valence-corrected chi connectivity index (χ3v) is 2.32. The number of aliphatic hydroxyl groups is 2. The molecule has 0 spiro atoms. The third-order valence-electron chi connectivity index (χ3n) is 2.32. The van der Waals surface area contributed by atoms with Crippen molar-refractivity contribution < 1.29 is 34.9 Å². The average Bonchev–Trinajstić information content (AvgIpc) is 2.24. The number of carbonyl (C=O) groups excluding carboxylic acids is 1. The molecule has 0 aromatic rings. The fraction of sp³-hybridized carbons (Fsp3) is 0.875. The molecule has 1 heterocycles. The van der Waals surface area contributed by atoms with E-state index in [0.29, 0.717) is 0 Å². The zero-order chi connectivity index (χ0) is 12.1. The second-order valence-corrected chi connectivity index (χ2v) is 3.48. The van der Waals surface area contributed by atoms with Crippen LogP contribution in [0.15, 0.2) is 0 Å². The Morgan fingerprint density at radius 1 is 1.69 bits per heavy atom. The van der Waals surface area contributed by atoms with Crippen LogP contribution in [0.5, 0.6) is 0 Å². The monoisotopic (exact) mass is 236 g/mol. The Bertz CT molecular complexity index is 236. The number of ether oxygens (including phenoxy) is 1. The topological polar surface area (TPSA) is 120 Å². The number of hydrogen-bond acceptors (Lipinski definition) is 7. The molecule has 1 amide bonds. The van der Waals surface area contributed by atoms with Gasteiger partial charge in [0, 0.05) is 6.92 Å². The van der Waals surface area contributed by atoms with Gasteiger partial charge >= 0.3 is 0 Å². The van der Waals surface area contributed by atoms with Crippen LogP contribution in [0.3, 0.4) is 0 Å². The van der Waals surface area contributed by atoms with Crippen LogP contribution < -0.4 is 10.6 Å². The van der Waals surface area contributed by atoms with Crippen LogP contribution in [0.4, 0.5) is 0 Å². The molecule has 3 N–H and O–H groups in total. The van der Waals surface area contributed by atoms with Gasteiger partial charge in [-0.1, -0.05) is 0 Å². The van der Waals surface area contributed by atoms with Crippen molar-refractivity contribution in [2.45, 2.75) is 31.3 Å². The minimum Gasteiger partial charge on any atom is -0.692 e. The Hall–Kier alpha value is -0.770. The Kier molecular flexibility index (Phi) is 5.06. The first-order chi connectivity index (χ1) is 7.60. The maximum Gasteiger partial charge on any atom is 0.217 e. The number of carbonyl (C=O) groups is 1. The second kappa shape index (κ2) is 6.09. The molecule has 0 aliphatic carbocycles. The quantitative estimate of drug-likeness (QED) is 0.348. The van der Waals surface area contributed by atoms with E-state index in [1.165, 1.54) is 6.92 Å². The SMILES string of the molecule is CC(=O)NC1COC(CO)[C@H](OO[O-])[C@@H]1O. The average molecular weight is 236 g/mol. The maximum atomic E-state index is 10.8. The minimum atomic E-state index is -1.19. The summed E-state index contributed by atoms with van der Waals surface area (Å²) in [5, 5.41) is 34.2. The van der Waals surface area contributed by atoms with Crippen LogP contribution in [0, 0.1) is 0 Å². The van der Waals surface area contributed by atoms with E-state index in [4.69, 9.17) is 9.84 Å². The summed E-state index contributed by atoms with van der Waals surface area (Å²) >= 11 is 0. The van der Waals surface area contributed by atoms with Gasteiger partial charge in [0.25, 0.3) is 0 Å². The molecular formula is C8H14NO7-. The van der Waals surface area contributed by atoms with Crippen molar-refractivity contribution in [2.75, 3.05) is 13.2 Å². The van der Waals surface area contributed by atoms with Gasteiger partial charge in [-0.15, -0.1) is 0 Å². The molecule has 0 radical (unpaired) electrons. The van der Waals surface area contributed by atoms with Crippen molar-refractivity contribution in [3.63, 3.8) is 0 Å². The van der Waals surface area contributed by atoms with E-state index in [1.54, 1.807) is 0 Å². The lowest BCUT2D eigenvalue weighted by Gasteiger charge is -2.38. The summed E-state index contributed by atoms with van der Waals surface area (Å²) in [7, 11) is 0. The number of amides is 1. The summed E-state index contributed by atoms with van der Waals surface area (Å²) in [4.78, 5) is 15.1. The molecule has 1 rings (SSSR count). The molecule has 1 aliphatic rings. The molecular weight excluding hydrogens is 222 g/mol. The van der Waals surface area contributed by atoms with Crippen LogP contribution >= 0.6 is 0 Å². The van der Waals surface area contributed by atoms with Gasteiger partial charge in [-0.2, -0.15) is 0 Å². The van der Waals surface area contributed by atoms with E-state index in [1.807, 2.05) is 0 Å². The molecule has 1 fully saturated rings. The molecule has 0 bridgehead atoms. The van der Waals surface area contributed by atoms with Gasteiger partial charge in [-0.3, -0.25) is 9.83 Å². The van der Waals surface area contributed by atoms with Crippen LogP contribution in [-0.2, 0) is 19.5 Å². The first kappa shape index (κ1) is 13.3. The highest BCUT2D eigenvalue weighted by Crippen LogP contribution is 2.18. The first-order valence-electron chi connectivity index (χ1n) is 4.73. The lowest BCUT2D eigenvalue weighted by molar-refractivity contribution is -0.807. The highest BCUT2D eigenvalue weighted by atomic mass is 17.5. The molecule has 2 unspecified atom stereocenters. The summed E-state index contributed by atoms with van der Waals surface area (Å²) in [6.07, 6.45) is -3.20. The molecule has 0 aromatic carbocycles. The van der Waals surface area contributed by atoms with Crippen LogP contribution in [-0.4, -0.2) is 53.7 Å². The fourth-order valence-electron chi connectivity index (χ4n) is 1.58. The lowest BCUT2D eigenvalue weighted by Crippen LogP contribution is -2.60. The molecule has 16 heavy (non-hydrogen) atoms. The number of aliphatic hydroxyl groups excluding tert-OH is 2. The summed E-state index contributed by atoms with van der Waals surface area (Å²) in [5.74, 6) is -0.350. The van der Waals surface area contributed by atoms with Gasteiger partial charge in [0.2, 0.25) is 5.91 Å². The highest BCUT2D eigenvalue weighted by molar-refractivity contribution is 5.73. The van der Waals surface area contributed by atoms with E-state index >= 15 is 0 Å². The van der Waals surface area contributed by atoms with Crippen molar-refractivity contribution in [3.8, 4) is 0 Å². The predicted octanol–water partition coefficient (Wildman–Crippen LogP) is -3.16. The zero-order valence-corrected chi connectivity index (χ0v) is 8.66. The largest absolute Gasteiger partial charge is 0.692 e. The summed E-state index contributed by atoms with van der Waals surface area (Å²) in [6, 6.07) is -0.708. The van der Waals surface area contributed by atoms with Crippen LogP contribution in [0.25, 0.3) is 0 Å². The zero-order valence-electron chi connectivity index (χ0n) is 8.66. The van der Waals surface area contributed by atoms with Gasteiger partial charge in [0.05, 0.1) is 19.3 Å². The second-order valence-electron chi connectivity index (χ2n) is 3.48. The van der Waals surface area contributed by atoms with Crippen molar-refractivity contribution in [3.05, 3.63) is 0 Å². The standard InChI is InChI=1S/C8H15NO7/c1-4(11)9-5-3-14-6(2-10)8(7(5)12)15-16-13/h5-8,10,12-13H,2-3H2,1H3,(H,9,11)/p-1/t5?,6?,7-,8+/m1/s1. The van der Waals surface area contributed by atoms with Gasteiger partial charge < -0.3 is 25.5 Å². The molecule has 0 saturated carbocycles. The van der Waals surface area contributed by atoms with Gasteiger partial charge in [-0.05, 0) is 0 Å². The Labute approximate surface area is 91.6 Å². The van der Waals surface area contributed by atoms with Crippen LogP contribution in [0.2, 0.25) is 0 Å². The van der Waals surface area contributed by atoms with E-state index in [0.717, 1.165) is 0 Å². The summed E-state index contributed by atoms with van der Waals surface area (Å²) < 4.78 is 5.11. The van der Waals surface area contributed by atoms with Gasteiger partial charge in [0.15, 0.2) is 0 Å². The predicted molar refractivity (Wildman–Crippen MR) is 46.4 cm³/mol. The number of hydrogen-bond donors (Lipinski definition) is 3. The van der Waals surface area contributed by atoms with Gasteiger partial charge in [-0.25, -0.2) is 4.89 Å². The number of nitrogens with one attached hydrogen (secondary N) is 1.